The molecule has 0 saturated carbocycles. The molecule has 0 bridgehead atoms. The van der Waals surface area contributed by atoms with E-state index in [1.165, 1.54) is 19.5 Å². The summed E-state index contributed by atoms with van der Waals surface area (Å²) in [7, 11) is 0.786. The van der Waals surface area contributed by atoms with E-state index in [2.05, 4.69) is 9.97 Å². The molecule has 2 aromatic heterocycles. The molecule has 0 fully saturated rings. The highest BCUT2D eigenvalue weighted by Crippen LogP contribution is 2.26. The largest absolute Gasteiger partial charge is 0.480 e. The summed E-state index contributed by atoms with van der Waals surface area (Å²) in [6, 6.07) is 6.92. The fourth-order valence-corrected chi connectivity index (χ4v) is 4.01. The van der Waals surface area contributed by atoms with E-state index in [1.54, 1.807) is 19.1 Å². The second kappa shape index (κ2) is 7.47. The molecule has 28 heavy (non-hydrogen) atoms. The van der Waals surface area contributed by atoms with Gasteiger partial charge in [-0.05, 0) is 24.6 Å². The number of aromatic nitrogens is 2. The van der Waals surface area contributed by atoms with Crippen LogP contribution in [0.25, 0.3) is 11.0 Å². The van der Waals surface area contributed by atoms with Crippen molar-refractivity contribution in [2.24, 2.45) is 0 Å². The molecule has 2 heterocycles. The Morgan fingerprint density at radius 2 is 2.00 bits per heavy atom. The maximum absolute atomic E-state index is 12.8. The lowest BCUT2D eigenvalue weighted by atomic mass is 10.2. The Morgan fingerprint density at radius 3 is 2.64 bits per heavy atom. The number of furan rings is 1. The van der Waals surface area contributed by atoms with Crippen LogP contribution in [0.1, 0.15) is 23.2 Å². The highest BCUT2D eigenvalue weighted by atomic mass is 32.2. The minimum absolute atomic E-state index is 0.122. The quantitative estimate of drug-likeness (QED) is 0.663. The van der Waals surface area contributed by atoms with E-state index in [1.807, 2.05) is 29.8 Å². The Morgan fingerprint density at radius 1 is 1.25 bits per heavy atom. The van der Waals surface area contributed by atoms with Crippen LogP contribution in [-0.2, 0) is 16.4 Å². The summed E-state index contributed by atoms with van der Waals surface area (Å²) in [6.45, 7) is 1.74. The third-order valence-electron chi connectivity index (χ3n) is 4.11. The number of carbonyl (C=O) groups excluding carboxylic acids is 1. The zero-order valence-corrected chi connectivity index (χ0v) is 16.7. The van der Waals surface area contributed by atoms with Crippen molar-refractivity contribution in [3.63, 3.8) is 0 Å². The van der Waals surface area contributed by atoms with E-state index in [-0.39, 0.29) is 22.2 Å². The second-order valence-electron chi connectivity index (χ2n) is 6.17. The number of nitrogens with one attached hydrogen (secondary N) is 1. The number of nitrogens with zero attached hydrogens (tertiary/aromatic N) is 3. The van der Waals surface area contributed by atoms with Crippen LogP contribution in [0.3, 0.4) is 0 Å². The van der Waals surface area contributed by atoms with Gasteiger partial charge in [0.2, 0.25) is 5.88 Å². The van der Waals surface area contributed by atoms with Crippen molar-refractivity contribution < 1.29 is 22.4 Å². The zero-order chi connectivity index (χ0) is 20.5. The molecule has 0 spiro atoms. The average Bonchev–Trinajstić information content (AvgIpc) is 3.10. The average molecular weight is 404 g/mol. The number of fused-ring (bicyclic) bond motifs is 1. The van der Waals surface area contributed by atoms with Gasteiger partial charge in [0.25, 0.3) is 10.0 Å². The molecular formula is C18H20N4O5S. The highest BCUT2D eigenvalue weighted by molar-refractivity contribution is 7.90. The van der Waals surface area contributed by atoms with Crippen molar-refractivity contribution in [1.29, 1.82) is 0 Å². The van der Waals surface area contributed by atoms with Crippen LogP contribution in [0.2, 0.25) is 0 Å². The molecule has 0 aliphatic rings. The van der Waals surface area contributed by atoms with Gasteiger partial charge in [0.15, 0.2) is 10.7 Å². The molecule has 0 aliphatic heterocycles. The Bertz CT molecular complexity index is 1120. The molecule has 0 aliphatic carbocycles. The molecule has 3 rings (SSSR count). The summed E-state index contributed by atoms with van der Waals surface area (Å²) < 4.78 is 38.2. The standard InChI is InChI=1S/C18H20N4O5S/c1-5-13-16(18(26-4)20-10-19-13)28(24,25)21-17(23)15-8-11-6-7-12(22(2)3)9-14(11)27-15/h6-10H,5H2,1-4H3,(H,21,23). The summed E-state index contributed by atoms with van der Waals surface area (Å²) >= 11 is 0. The van der Waals surface area contributed by atoms with Crippen LogP contribution >= 0.6 is 0 Å². The van der Waals surface area contributed by atoms with Crippen molar-refractivity contribution in [3.8, 4) is 5.88 Å². The third-order valence-corrected chi connectivity index (χ3v) is 5.51. The number of carbonyl (C=O) groups is 1. The van der Waals surface area contributed by atoms with Gasteiger partial charge >= 0.3 is 5.91 Å². The molecule has 0 radical (unpaired) electrons. The monoisotopic (exact) mass is 404 g/mol. The number of aryl methyl sites for hydroxylation is 1. The molecule has 148 valence electrons. The minimum atomic E-state index is -4.27. The highest BCUT2D eigenvalue weighted by Gasteiger charge is 2.28. The van der Waals surface area contributed by atoms with Gasteiger partial charge in [-0.3, -0.25) is 4.79 Å². The lowest BCUT2D eigenvalue weighted by Crippen LogP contribution is -2.31. The van der Waals surface area contributed by atoms with Gasteiger partial charge in [-0.15, -0.1) is 0 Å². The molecule has 0 unspecified atom stereocenters. The van der Waals surface area contributed by atoms with E-state index in [4.69, 9.17) is 9.15 Å². The molecule has 0 saturated heterocycles. The first-order chi connectivity index (χ1) is 13.3. The minimum Gasteiger partial charge on any atom is -0.480 e. The van der Waals surface area contributed by atoms with E-state index >= 15 is 0 Å². The van der Waals surface area contributed by atoms with Gasteiger partial charge in [0.1, 0.15) is 11.9 Å². The van der Waals surface area contributed by atoms with Crippen LogP contribution < -0.4 is 14.4 Å². The van der Waals surface area contributed by atoms with Crippen LogP contribution in [-0.4, -0.2) is 45.5 Å². The van der Waals surface area contributed by atoms with Gasteiger partial charge in [-0.1, -0.05) is 6.92 Å². The Labute approximate surface area is 162 Å². The van der Waals surface area contributed by atoms with E-state index < -0.39 is 15.9 Å². The Balaban J connectivity index is 1.95. The van der Waals surface area contributed by atoms with Crippen molar-refractivity contribution >= 4 is 32.6 Å². The molecule has 1 N–H and O–H groups in total. The molecule has 9 nitrogen and oxygen atoms in total. The molecule has 3 aromatic rings. The normalized spacial score (nSPS) is 11.4. The van der Waals surface area contributed by atoms with Crippen LogP contribution in [0.5, 0.6) is 5.88 Å². The summed E-state index contributed by atoms with van der Waals surface area (Å²) in [5.41, 5.74) is 1.61. The molecule has 0 atom stereocenters. The van der Waals surface area contributed by atoms with Crippen LogP contribution in [0.4, 0.5) is 5.69 Å². The van der Waals surface area contributed by atoms with Gasteiger partial charge in [-0.25, -0.2) is 23.1 Å². The molecule has 10 heteroatoms. The van der Waals surface area contributed by atoms with E-state index in [9.17, 15) is 13.2 Å². The smallest absolute Gasteiger partial charge is 0.300 e. The van der Waals surface area contributed by atoms with Gasteiger partial charge < -0.3 is 14.1 Å². The number of sulfonamides is 1. The third kappa shape index (κ3) is 3.63. The van der Waals surface area contributed by atoms with E-state index in [0.717, 1.165) is 5.69 Å². The van der Waals surface area contributed by atoms with Gasteiger partial charge in [0.05, 0.1) is 12.8 Å². The molecular weight excluding hydrogens is 384 g/mol. The maximum Gasteiger partial charge on any atom is 0.300 e. The fourth-order valence-electron chi connectivity index (χ4n) is 2.69. The van der Waals surface area contributed by atoms with Crippen molar-refractivity contribution in [3.05, 3.63) is 42.0 Å². The number of rotatable bonds is 6. The number of methoxy groups -OCH3 is 1. The van der Waals surface area contributed by atoms with Crippen molar-refractivity contribution in [2.45, 2.75) is 18.2 Å². The second-order valence-corrected chi connectivity index (χ2v) is 7.79. The first kappa shape index (κ1) is 19.6. The van der Waals surface area contributed by atoms with Crippen molar-refractivity contribution in [1.82, 2.24) is 14.7 Å². The first-order valence-electron chi connectivity index (χ1n) is 8.42. The predicted molar refractivity (Wildman–Crippen MR) is 103 cm³/mol. The van der Waals surface area contributed by atoms with Crippen LogP contribution in [0, 0.1) is 0 Å². The van der Waals surface area contributed by atoms with Crippen LogP contribution in [0.15, 0.2) is 39.9 Å². The Kier molecular flexibility index (Phi) is 5.23. The maximum atomic E-state index is 12.8. The zero-order valence-electron chi connectivity index (χ0n) is 15.9. The predicted octanol–water partition coefficient (Wildman–Crippen LogP) is 1.98. The first-order valence-corrected chi connectivity index (χ1v) is 9.91. The number of ether oxygens (including phenoxy) is 1. The summed E-state index contributed by atoms with van der Waals surface area (Å²) in [5.74, 6) is -1.15. The molecule has 1 aromatic carbocycles. The van der Waals surface area contributed by atoms with Gasteiger partial charge in [0, 0.05) is 31.2 Å². The number of amides is 1. The number of hydrogen-bond acceptors (Lipinski definition) is 8. The topological polar surface area (TPSA) is 115 Å². The number of anilines is 1. The summed E-state index contributed by atoms with van der Waals surface area (Å²) in [4.78, 5) is 22.0. The molecule has 1 amide bonds. The Hall–Kier alpha value is -3.14. The van der Waals surface area contributed by atoms with Gasteiger partial charge in [-0.2, -0.15) is 0 Å². The summed E-state index contributed by atoms with van der Waals surface area (Å²) in [6.07, 6.45) is 1.53. The lowest BCUT2D eigenvalue weighted by Gasteiger charge is -2.11. The van der Waals surface area contributed by atoms with Crippen molar-refractivity contribution in [2.75, 3.05) is 26.1 Å². The lowest BCUT2D eigenvalue weighted by molar-refractivity contribution is 0.0956. The summed E-state index contributed by atoms with van der Waals surface area (Å²) in [5, 5.41) is 0.683. The number of benzene rings is 1. The SMILES string of the molecule is CCc1ncnc(OC)c1S(=O)(=O)NC(=O)c1cc2ccc(N(C)C)cc2o1. The number of hydrogen-bond donors (Lipinski definition) is 1. The fraction of sp³-hybridized carbons (Fsp3) is 0.278. The van der Waals surface area contributed by atoms with E-state index in [0.29, 0.717) is 17.4 Å².